The molecule has 4 heteroatoms. The van der Waals surface area contributed by atoms with Gasteiger partial charge < -0.3 is 5.32 Å². The van der Waals surface area contributed by atoms with Crippen molar-refractivity contribution >= 4 is 17.2 Å². The maximum Gasteiger partial charge on any atom is 0.171 e. The predicted octanol–water partition coefficient (Wildman–Crippen LogP) is 4.21. The monoisotopic (exact) mass is 287 g/mol. The van der Waals surface area contributed by atoms with Gasteiger partial charge >= 0.3 is 0 Å². The van der Waals surface area contributed by atoms with Crippen molar-refractivity contribution in [1.82, 2.24) is 9.97 Å². The van der Waals surface area contributed by atoms with Crippen LogP contribution in [-0.2, 0) is 12.8 Å². The lowest BCUT2D eigenvalue weighted by atomic mass is 10.1. The molecule has 1 N–H and O–H groups in total. The first kappa shape index (κ1) is 13.6. The lowest BCUT2D eigenvalue weighted by Gasteiger charge is -2.13. The van der Waals surface area contributed by atoms with Gasteiger partial charge in [-0.3, -0.25) is 0 Å². The molecule has 0 fully saturated rings. The second-order valence-corrected chi connectivity index (χ2v) is 6.61. The highest BCUT2D eigenvalue weighted by Crippen LogP contribution is 2.30. The fourth-order valence-corrected chi connectivity index (χ4v) is 3.55. The van der Waals surface area contributed by atoms with Gasteiger partial charge in [0, 0.05) is 22.7 Å². The lowest BCUT2D eigenvalue weighted by molar-refractivity contribution is 0.709. The Morgan fingerprint density at radius 1 is 1.15 bits per heavy atom. The molecule has 0 spiro atoms. The van der Waals surface area contributed by atoms with Crippen LogP contribution in [-0.4, -0.2) is 16.5 Å². The van der Waals surface area contributed by atoms with Crippen LogP contribution in [0.5, 0.6) is 0 Å². The van der Waals surface area contributed by atoms with Crippen LogP contribution in [0.1, 0.15) is 42.3 Å². The summed E-state index contributed by atoms with van der Waals surface area (Å²) in [6.45, 7) is 5.16. The number of nitrogens with one attached hydrogen (secondary N) is 1. The van der Waals surface area contributed by atoms with Crippen LogP contribution in [0, 0.1) is 6.92 Å². The van der Waals surface area contributed by atoms with Gasteiger partial charge in [-0.1, -0.05) is 6.42 Å². The number of anilines is 1. The van der Waals surface area contributed by atoms with Gasteiger partial charge in [0.25, 0.3) is 0 Å². The molecule has 0 unspecified atom stereocenters. The molecule has 106 valence electrons. The lowest BCUT2D eigenvalue weighted by Crippen LogP contribution is -2.09. The number of rotatable bonds is 3. The van der Waals surface area contributed by atoms with Crippen molar-refractivity contribution in [3.63, 3.8) is 0 Å². The highest BCUT2D eigenvalue weighted by molar-refractivity contribution is 7.15. The minimum atomic E-state index is 0.889. The largest absolute Gasteiger partial charge is 0.370 e. The van der Waals surface area contributed by atoms with E-state index < -0.39 is 0 Å². The Morgan fingerprint density at radius 3 is 2.75 bits per heavy atom. The van der Waals surface area contributed by atoms with Crippen molar-refractivity contribution in [1.29, 1.82) is 0 Å². The Hall–Kier alpha value is -1.42. The summed E-state index contributed by atoms with van der Waals surface area (Å²) in [4.78, 5) is 12.1. The fourth-order valence-electron chi connectivity index (χ4n) is 2.75. The maximum atomic E-state index is 4.86. The van der Waals surface area contributed by atoms with Gasteiger partial charge in [0.2, 0.25) is 0 Å². The van der Waals surface area contributed by atoms with E-state index in [0.29, 0.717) is 0 Å². The van der Waals surface area contributed by atoms with Gasteiger partial charge in [-0.2, -0.15) is 0 Å². The van der Waals surface area contributed by atoms with Crippen molar-refractivity contribution < 1.29 is 0 Å². The minimum absolute atomic E-state index is 0.889. The van der Waals surface area contributed by atoms with E-state index in [-0.39, 0.29) is 0 Å². The molecular formula is C16H21N3S. The van der Waals surface area contributed by atoms with Crippen LogP contribution in [0.4, 0.5) is 5.82 Å². The predicted molar refractivity (Wildman–Crippen MR) is 85.5 cm³/mol. The number of fused-ring (bicyclic) bond motifs is 1. The number of thiophene rings is 1. The van der Waals surface area contributed by atoms with Crippen LogP contribution in [0.2, 0.25) is 0 Å². The molecule has 0 aromatic carbocycles. The fraction of sp³-hybridized carbons (Fsp3) is 0.500. The Balaban J connectivity index is 2.08. The van der Waals surface area contributed by atoms with Crippen molar-refractivity contribution in [3.8, 4) is 10.7 Å². The highest BCUT2D eigenvalue weighted by atomic mass is 32.1. The molecule has 0 saturated heterocycles. The number of hydrogen-bond donors (Lipinski definition) is 1. The minimum Gasteiger partial charge on any atom is -0.370 e. The Labute approximate surface area is 124 Å². The normalized spacial score (nSPS) is 14.7. The van der Waals surface area contributed by atoms with Crippen molar-refractivity contribution in [3.05, 3.63) is 28.3 Å². The number of aromatic nitrogens is 2. The summed E-state index contributed by atoms with van der Waals surface area (Å²) in [6.07, 6.45) is 6.01. The molecular weight excluding hydrogens is 266 g/mol. The third-order valence-corrected chi connectivity index (χ3v) is 4.73. The quantitative estimate of drug-likeness (QED) is 0.859. The third-order valence-electron chi connectivity index (χ3n) is 3.74. The molecule has 2 aromatic heterocycles. The van der Waals surface area contributed by atoms with Crippen LogP contribution in [0.3, 0.4) is 0 Å². The molecule has 2 aromatic rings. The van der Waals surface area contributed by atoms with Gasteiger partial charge in [-0.15, -0.1) is 11.3 Å². The van der Waals surface area contributed by atoms with Crippen molar-refractivity contribution in [2.24, 2.45) is 0 Å². The second kappa shape index (κ2) is 5.92. The smallest absolute Gasteiger partial charge is 0.171 e. The van der Waals surface area contributed by atoms with Gasteiger partial charge in [-0.25, -0.2) is 9.97 Å². The van der Waals surface area contributed by atoms with Crippen LogP contribution in [0.25, 0.3) is 10.7 Å². The molecule has 1 aliphatic rings. The average molecular weight is 287 g/mol. The summed E-state index contributed by atoms with van der Waals surface area (Å²) in [7, 11) is 0. The number of nitrogens with zero attached hydrogens (tertiary/aromatic N) is 2. The molecule has 3 rings (SSSR count). The van der Waals surface area contributed by atoms with Gasteiger partial charge in [0.15, 0.2) is 5.82 Å². The summed E-state index contributed by atoms with van der Waals surface area (Å²) < 4.78 is 0. The number of hydrogen-bond acceptors (Lipinski definition) is 4. The van der Waals surface area contributed by atoms with E-state index in [1.165, 1.54) is 40.3 Å². The van der Waals surface area contributed by atoms with Crippen LogP contribution >= 0.6 is 11.3 Å². The topological polar surface area (TPSA) is 37.8 Å². The summed E-state index contributed by atoms with van der Waals surface area (Å²) in [5.41, 5.74) is 2.61. The van der Waals surface area contributed by atoms with Crippen molar-refractivity contribution in [2.45, 2.75) is 46.0 Å². The zero-order chi connectivity index (χ0) is 13.9. The summed E-state index contributed by atoms with van der Waals surface area (Å²) in [5, 5.41) is 3.43. The van der Waals surface area contributed by atoms with E-state index in [0.717, 1.165) is 31.0 Å². The molecule has 20 heavy (non-hydrogen) atoms. The molecule has 2 heterocycles. The van der Waals surface area contributed by atoms with Gasteiger partial charge in [0.1, 0.15) is 5.82 Å². The van der Waals surface area contributed by atoms with Crippen LogP contribution in [0.15, 0.2) is 12.1 Å². The van der Waals surface area contributed by atoms with E-state index in [4.69, 9.17) is 9.97 Å². The van der Waals surface area contributed by atoms with Gasteiger partial charge in [0.05, 0.1) is 4.88 Å². The zero-order valence-electron chi connectivity index (χ0n) is 12.2. The van der Waals surface area contributed by atoms with E-state index >= 15 is 0 Å². The molecule has 0 aliphatic heterocycles. The molecule has 0 saturated carbocycles. The third kappa shape index (κ3) is 2.70. The standard InChI is InChI=1S/C16H21N3S/c1-3-17-15-12-7-5-4-6-8-13(12)18-16(19-15)14-10-9-11(2)20-14/h9-10H,3-8H2,1-2H3,(H,17,18,19). The second-order valence-electron chi connectivity index (χ2n) is 5.32. The summed E-state index contributed by atoms with van der Waals surface area (Å²) >= 11 is 1.77. The summed E-state index contributed by atoms with van der Waals surface area (Å²) in [5.74, 6) is 1.94. The SMILES string of the molecule is CCNc1nc(-c2ccc(C)s2)nc2c1CCCCC2. The van der Waals surface area contributed by atoms with Gasteiger partial charge in [-0.05, 0) is 51.7 Å². The highest BCUT2D eigenvalue weighted by Gasteiger charge is 2.17. The Kier molecular flexibility index (Phi) is 4.01. The molecule has 3 nitrogen and oxygen atoms in total. The van der Waals surface area contributed by atoms with Crippen molar-refractivity contribution in [2.75, 3.05) is 11.9 Å². The Morgan fingerprint density at radius 2 is 2.00 bits per heavy atom. The first-order valence-corrected chi connectivity index (χ1v) is 8.30. The first-order valence-electron chi connectivity index (χ1n) is 7.48. The Bertz CT molecular complexity index is 604. The molecule has 0 amide bonds. The number of aryl methyl sites for hydroxylation is 2. The maximum absolute atomic E-state index is 4.86. The van der Waals surface area contributed by atoms with E-state index in [9.17, 15) is 0 Å². The van der Waals surface area contributed by atoms with E-state index in [1.54, 1.807) is 11.3 Å². The van der Waals surface area contributed by atoms with E-state index in [2.05, 4.69) is 31.3 Å². The molecule has 0 atom stereocenters. The molecule has 0 bridgehead atoms. The zero-order valence-corrected chi connectivity index (χ0v) is 13.0. The average Bonchev–Trinajstić information content (AvgIpc) is 2.73. The molecule has 1 aliphatic carbocycles. The first-order chi connectivity index (χ1) is 9.78. The molecule has 0 radical (unpaired) electrons. The van der Waals surface area contributed by atoms with E-state index in [1.807, 2.05) is 0 Å². The van der Waals surface area contributed by atoms with Crippen LogP contribution < -0.4 is 5.32 Å². The summed E-state index contributed by atoms with van der Waals surface area (Å²) in [6, 6.07) is 4.27.